The Morgan fingerprint density at radius 3 is 2.53 bits per heavy atom. The zero-order valence-corrected chi connectivity index (χ0v) is 10.7. The van der Waals surface area contributed by atoms with Gasteiger partial charge in [0.1, 0.15) is 12.6 Å². The number of carboxylic acid groups (broad SMARTS) is 2. The predicted octanol–water partition coefficient (Wildman–Crippen LogP) is -0.265. The van der Waals surface area contributed by atoms with Gasteiger partial charge >= 0.3 is 18.0 Å². The summed E-state index contributed by atoms with van der Waals surface area (Å²) in [6.45, 7) is 1.47. The lowest BCUT2D eigenvalue weighted by Gasteiger charge is -2.21. The fourth-order valence-electron chi connectivity index (χ4n) is 2.03. The van der Waals surface area contributed by atoms with Crippen molar-refractivity contribution in [3.8, 4) is 0 Å². The number of ether oxygens (including phenoxy) is 1. The summed E-state index contributed by atoms with van der Waals surface area (Å²) in [7, 11) is 0. The number of amides is 1. The van der Waals surface area contributed by atoms with Gasteiger partial charge in [0.15, 0.2) is 0 Å². The van der Waals surface area contributed by atoms with Gasteiger partial charge in [-0.3, -0.25) is 19.8 Å². The monoisotopic (exact) mass is 274 g/mol. The smallest absolute Gasteiger partial charge is 0.407 e. The summed E-state index contributed by atoms with van der Waals surface area (Å²) in [6, 6.07) is -0.671. The van der Waals surface area contributed by atoms with E-state index in [-0.39, 0.29) is 18.6 Å². The summed E-state index contributed by atoms with van der Waals surface area (Å²) in [5.41, 5.74) is 0. The molecule has 0 aliphatic carbocycles. The van der Waals surface area contributed by atoms with E-state index in [1.807, 2.05) is 0 Å². The molecule has 0 unspecified atom stereocenters. The average molecular weight is 274 g/mol. The maximum atomic E-state index is 11.5. The van der Waals surface area contributed by atoms with Crippen LogP contribution < -0.4 is 5.32 Å². The Hall–Kier alpha value is -1.83. The third-order valence-electron chi connectivity index (χ3n) is 2.85. The molecule has 3 N–H and O–H groups in total. The molecule has 0 aromatic heterocycles. The lowest BCUT2D eigenvalue weighted by molar-refractivity contribution is -0.145. The van der Waals surface area contributed by atoms with Crippen LogP contribution in [-0.2, 0) is 14.3 Å². The summed E-state index contributed by atoms with van der Waals surface area (Å²) < 4.78 is 4.87. The summed E-state index contributed by atoms with van der Waals surface area (Å²) in [4.78, 5) is 33.7. The van der Waals surface area contributed by atoms with Crippen molar-refractivity contribution in [1.82, 2.24) is 10.2 Å². The molecule has 8 heteroatoms. The van der Waals surface area contributed by atoms with E-state index in [4.69, 9.17) is 14.9 Å². The third-order valence-corrected chi connectivity index (χ3v) is 2.85. The Bertz CT molecular complexity index is 359. The van der Waals surface area contributed by atoms with E-state index in [1.165, 1.54) is 0 Å². The molecular formula is C11H18N2O6. The second kappa shape index (κ2) is 6.93. The van der Waals surface area contributed by atoms with E-state index in [2.05, 4.69) is 5.32 Å². The summed E-state index contributed by atoms with van der Waals surface area (Å²) in [5.74, 6) is -1.56. The second-order valence-electron chi connectivity index (χ2n) is 4.30. The molecule has 108 valence electrons. The topological polar surface area (TPSA) is 116 Å². The number of nitrogens with one attached hydrogen (secondary N) is 1. The van der Waals surface area contributed by atoms with Gasteiger partial charge in [-0.05, 0) is 19.8 Å². The number of hydrogen-bond donors (Lipinski definition) is 3. The molecule has 1 saturated heterocycles. The Kier molecular flexibility index (Phi) is 5.56. The highest BCUT2D eigenvalue weighted by molar-refractivity contribution is 5.77. The Morgan fingerprint density at radius 1 is 1.32 bits per heavy atom. The molecule has 1 heterocycles. The maximum Gasteiger partial charge on any atom is 0.407 e. The van der Waals surface area contributed by atoms with Gasteiger partial charge in [0, 0.05) is 12.6 Å². The van der Waals surface area contributed by atoms with Crippen molar-refractivity contribution in [2.24, 2.45) is 0 Å². The molecule has 8 nitrogen and oxygen atoms in total. The number of rotatable bonds is 6. The first-order valence-corrected chi connectivity index (χ1v) is 6.06. The van der Waals surface area contributed by atoms with Gasteiger partial charge < -0.3 is 14.9 Å². The molecule has 0 aromatic rings. The normalized spacial score (nSPS) is 21.9. The second-order valence-corrected chi connectivity index (χ2v) is 4.30. The molecule has 19 heavy (non-hydrogen) atoms. The van der Waals surface area contributed by atoms with Gasteiger partial charge in [-0.15, -0.1) is 0 Å². The van der Waals surface area contributed by atoms with Gasteiger partial charge in [-0.2, -0.15) is 0 Å². The van der Waals surface area contributed by atoms with Crippen molar-refractivity contribution in [2.45, 2.75) is 31.8 Å². The summed E-state index contributed by atoms with van der Waals surface area (Å²) >= 11 is 0. The molecule has 1 aliphatic rings. The van der Waals surface area contributed by atoms with Crippen molar-refractivity contribution in [1.29, 1.82) is 0 Å². The maximum absolute atomic E-state index is 11.5. The lowest BCUT2D eigenvalue weighted by atomic mass is 10.2. The van der Waals surface area contributed by atoms with Crippen LogP contribution >= 0.6 is 0 Å². The molecule has 0 aromatic carbocycles. The number of hydrogen-bond acceptors (Lipinski definition) is 5. The number of aliphatic carboxylic acids is 1. The van der Waals surface area contributed by atoms with Crippen LogP contribution in [0.1, 0.15) is 19.8 Å². The van der Waals surface area contributed by atoms with Gasteiger partial charge in [-0.1, -0.05) is 0 Å². The van der Waals surface area contributed by atoms with Crippen LogP contribution in [-0.4, -0.2) is 64.9 Å². The van der Waals surface area contributed by atoms with Crippen LogP contribution in [0.2, 0.25) is 0 Å². The minimum Gasteiger partial charge on any atom is -0.480 e. The molecule has 0 bridgehead atoms. The first kappa shape index (κ1) is 15.2. The lowest BCUT2D eigenvalue weighted by Crippen LogP contribution is -2.45. The fraction of sp³-hybridized carbons (Fsp3) is 0.727. The van der Waals surface area contributed by atoms with Crippen molar-refractivity contribution in [3.05, 3.63) is 0 Å². The third kappa shape index (κ3) is 4.74. The predicted molar refractivity (Wildman–Crippen MR) is 63.8 cm³/mol. The standard InChI is InChI=1S/C11H18N2O6/c1-2-19-10(16)8-4-3-7(12-8)5-13(11(17)18)6-9(14)15/h7-8,12H,2-6H2,1H3,(H,14,15)(H,17,18)/t7-,8-/m0/s1. The van der Waals surface area contributed by atoms with Gasteiger partial charge in [0.25, 0.3) is 0 Å². The SMILES string of the molecule is CCOC(=O)[C@@H]1CC[C@@H](CN(CC(=O)O)C(=O)O)N1. The van der Waals surface area contributed by atoms with Gasteiger partial charge in [0.2, 0.25) is 0 Å². The zero-order chi connectivity index (χ0) is 14.4. The first-order chi connectivity index (χ1) is 8.93. The van der Waals surface area contributed by atoms with E-state index < -0.39 is 24.6 Å². The molecule has 0 spiro atoms. The highest BCUT2D eigenvalue weighted by atomic mass is 16.5. The van der Waals surface area contributed by atoms with E-state index in [0.717, 1.165) is 4.90 Å². The molecule has 0 radical (unpaired) electrons. The summed E-state index contributed by atoms with van der Waals surface area (Å²) in [6.07, 6.45) is -0.125. The van der Waals surface area contributed by atoms with E-state index in [1.54, 1.807) is 6.92 Å². The zero-order valence-electron chi connectivity index (χ0n) is 10.7. The average Bonchev–Trinajstić information content (AvgIpc) is 2.76. The van der Waals surface area contributed by atoms with Crippen LogP contribution in [0, 0.1) is 0 Å². The van der Waals surface area contributed by atoms with Crippen LogP contribution in [0.4, 0.5) is 4.79 Å². The quantitative estimate of drug-likeness (QED) is 0.571. The Morgan fingerprint density at radius 2 is 2.00 bits per heavy atom. The fourth-order valence-corrected chi connectivity index (χ4v) is 2.03. The molecule has 1 rings (SSSR count). The van der Waals surface area contributed by atoms with Crippen LogP contribution in [0.3, 0.4) is 0 Å². The first-order valence-electron chi connectivity index (χ1n) is 6.06. The van der Waals surface area contributed by atoms with Crippen molar-refractivity contribution in [3.63, 3.8) is 0 Å². The number of esters is 1. The van der Waals surface area contributed by atoms with Crippen LogP contribution in [0.5, 0.6) is 0 Å². The number of carboxylic acids is 1. The van der Waals surface area contributed by atoms with E-state index >= 15 is 0 Å². The van der Waals surface area contributed by atoms with E-state index in [0.29, 0.717) is 19.4 Å². The van der Waals surface area contributed by atoms with Crippen LogP contribution in [0.15, 0.2) is 0 Å². The van der Waals surface area contributed by atoms with Gasteiger partial charge in [-0.25, -0.2) is 4.79 Å². The Labute approximate surface area is 110 Å². The largest absolute Gasteiger partial charge is 0.480 e. The molecule has 0 saturated carbocycles. The number of nitrogens with zero attached hydrogens (tertiary/aromatic N) is 1. The minimum absolute atomic E-state index is 0.0392. The molecule has 2 atom stereocenters. The highest BCUT2D eigenvalue weighted by Crippen LogP contribution is 2.15. The van der Waals surface area contributed by atoms with Gasteiger partial charge in [0.05, 0.1) is 6.61 Å². The Balaban J connectivity index is 2.47. The molecular weight excluding hydrogens is 256 g/mol. The number of carbonyl (C=O) groups is 3. The van der Waals surface area contributed by atoms with E-state index in [9.17, 15) is 14.4 Å². The molecule has 1 amide bonds. The molecule has 1 aliphatic heterocycles. The number of carbonyl (C=O) groups excluding carboxylic acids is 1. The summed E-state index contributed by atoms with van der Waals surface area (Å²) in [5, 5.41) is 20.5. The highest BCUT2D eigenvalue weighted by Gasteiger charge is 2.32. The van der Waals surface area contributed by atoms with Crippen LogP contribution in [0.25, 0.3) is 0 Å². The minimum atomic E-state index is -1.29. The van der Waals surface area contributed by atoms with Crippen molar-refractivity contribution in [2.75, 3.05) is 19.7 Å². The van der Waals surface area contributed by atoms with Crippen molar-refractivity contribution < 1.29 is 29.3 Å². The van der Waals surface area contributed by atoms with Crippen molar-refractivity contribution >= 4 is 18.0 Å². The molecule has 1 fully saturated rings.